The molecule has 0 fully saturated rings. The van der Waals surface area contributed by atoms with Gasteiger partial charge in [0, 0.05) is 9.41 Å². The summed E-state index contributed by atoms with van der Waals surface area (Å²) in [6, 6.07) is 0. The van der Waals surface area contributed by atoms with E-state index in [1.807, 2.05) is 78.0 Å². The van der Waals surface area contributed by atoms with Gasteiger partial charge in [0.15, 0.2) is 0 Å². The first-order valence-electron chi connectivity index (χ1n) is 8.44. The van der Waals surface area contributed by atoms with Gasteiger partial charge in [-0.2, -0.15) is 0 Å². The fourth-order valence-corrected chi connectivity index (χ4v) is 2.67. The van der Waals surface area contributed by atoms with Crippen LogP contribution >= 0.6 is 11.3 Å². The SMILES string of the molecule is C/C=C\C=C/C.C=Cc1sc(=C/C)/c(=C\C)c1C=C.CC.CC. The van der Waals surface area contributed by atoms with Gasteiger partial charge in [-0.3, -0.25) is 0 Å². The van der Waals surface area contributed by atoms with Crippen LogP contribution in [0.25, 0.3) is 24.3 Å². The standard InChI is InChI=1S/C12H14S.C6H10.2C2H6/c1-5-9-10(6-2)12(8-4)13-11(9)7-3;1-3-5-6-4-2;2*1-2/h5-8H,1,3H2,2,4H3;3-6H,1-2H3;2*1-2H3/b10-6-,12-8+;5-3-,6-4-;;. The Morgan fingerprint density at radius 1 is 0.739 bits per heavy atom. The minimum Gasteiger partial charge on any atom is -0.136 e. The Morgan fingerprint density at radius 2 is 1.22 bits per heavy atom. The highest BCUT2D eigenvalue weighted by Gasteiger charge is 2.01. The predicted octanol–water partition coefficient (Wildman–Crippen LogP) is 6.83. The molecule has 0 aromatic carbocycles. The van der Waals surface area contributed by atoms with Crippen molar-refractivity contribution in [3.8, 4) is 0 Å². The van der Waals surface area contributed by atoms with Crippen molar-refractivity contribution in [2.24, 2.45) is 0 Å². The normalized spacial score (nSPS) is 11.1. The molecule has 0 aliphatic heterocycles. The molecule has 0 nitrogen and oxygen atoms in total. The summed E-state index contributed by atoms with van der Waals surface area (Å²) in [5, 5.41) is 1.28. The molecule has 0 amide bonds. The lowest BCUT2D eigenvalue weighted by molar-refractivity contribution is 1.50. The van der Waals surface area contributed by atoms with E-state index in [4.69, 9.17) is 0 Å². The zero-order valence-electron chi connectivity index (χ0n) is 16.4. The topological polar surface area (TPSA) is 0 Å². The summed E-state index contributed by atoms with van der Waals surface area (Å²) in [4.78, 5) is 1.20. The molecule has 0 aliphatic rings. The van der Waals surface area contributed by atoms with Gasteiger partial charge in [0.2, 0.25) is 0 Å². The van der Waals surface area contributed by atoms with Gasteiger partial charge in [-0.1, -0.05) is 89.5 Å². The molecule has 0 unspecified atom stereocenters. The maximum Gasteiger partial charge on any atom is 0.0349 e. The minimum atomic E-state index is 1.20. The Labute approximate surface area is 149 Å². The molecule has 0 radical (unpaired) electrons. The highest BCUT2D eigenvalue weighted by Crippen LogP contribution is 2.10. The van der Waals surface area contributed by atoms with Crippen LogP contribution in [0, 0.1) is 0 Å². The van der Waals surface area contributed by atoms with Crippen molar-refractivity contribution in [3.05, 3.63) is 57.7 Å². The minimum absolute atomic E-state index is 1.20. The van der Waals surface area contributed by atoms with Crippen LogP contribution in [-0.2, 0) is 0 Å². The first-order valence-corrected chi connectivity index (χ1v) is 9.26. The summed E-state index contributed by atoms with van der Waals surface area (Å²) >= 11 is 1.76. The Kier molecular flexibility index (Phi) is 23.3. The fourth-order valence-electron chi connectivity index (χ4n) is 1.59. The molecular weight excluding hydrogens is 296 g/mol. The van der Waals surface area contributed by atoms with Crippen LogP contribution in [0.4, 0.5) is 0 Å². The zero-order valence-corrected chi connectivity index (χ0v) is 17.3. The summed E-state index contributed by atoms with van der Waals surface area (Å²) in [6.45, 7) is 23.7. The maximum absolute atomic E-state index is 3.82. The molecule has 0 bridgehead atoms. The first-order chi connectivity index (χ1) is 11.2. The Morgan fingerprint density at radius 3 is 1.48 bits per heavy atom. The molecule has 1 rings (SSSR count). The van der Waals surface area contributed by atoms with Gasteiger partial charge in [-0.25, -0.2) is 0 Å². The van der Waals surface area contributed by atoms with Crippen molar-refractivity contribution >= 4 is 35.6 Å². The molecular formula is C22H36S. The average Bonchev–Trinajstić information content (AvgIpc) is 3.00. The highest BCUT2D eigenvalue weighted by atomic mass is 32.1. The number of hydrogen-bond donors (Lipinski definition) is 0. The van der Waals surface area contributed by atoms with Gasteiger partial charge in [0.05, 0.1) is 0 Å². The summed E-state index contributed by atoms with van der Waals surface area (Å²) < 4.78 is 1.30. The fraction of sp³-hybridized carbons (Fsp3) is 0.364. The average molecular weight is 333 g/mol. The van der Waals surface area contributed by atoms with E-state index in [0.29, 0.717) is 0 Å². The van der Waals surface area contributed by atoms with Gasteiger partial charge >= 0.3 is 0 Å². The molecule has 1 heteroatoms. The van der Waals surface area contributed by atoms with Crippen molar-refractivity contribution in [1.29, 1.82) is 0 Å². The van der Waals surface area contributed by atoms with E-state index in [0.717, 1.165) is 0 Å². The van der Waals surface area contributed by atoms with Crippen LogP contribution in [0.2, 0.25) is 0 Å². The quantitative estimate of drug-likeness (QED) is 0.532. The second-order valence-electron chi connectivity index (χ2n) is 3.70. The molecule has 1 heterocycles. The first kappa shape index (κ1) is 26.3. The molecule has 0 N–H and O–H groups in total. The largest absolute Gasteiger partial charge is 0.136 e. The molecule has 0 atom stereocenters. The summed E-state index contributed by atoms with van der Waals surface area (Å²) in [5.41, 5.74) is 1.20. The van der Waals surface area contributed by atoms with E-state index in [-0.39, 0.29) is 0 Å². The third-order valence-electron chi connectivity index (χ3n) is 2.48. The third-order valence-corrected chi connectivity index (χ3v) is 3.76. The third kappa shape index (κ3) is 10.7. The van der Waals surface area contributed by atoms with Crippen molar-refractivity contribution in [3.63, 3.8) is 0 Å². The van der Waals surface area contributed by atoms with Crippen molar-refractivity contribution in [2.75, 3.05) is 0 Å². The second-order valence-corrected chi connectivity index (χ2v) is 4.78. The number of allylic oxidation sites excluding steroid dienone is 4. The Bertz CT molecular complexity index is 556. The molecule has 1 aromatic heterocycles. The van der Waals surface area contributed by atoms with Crippen LogP contribution in [0.1, 0.15) is 65.8 Å². The van der Waals surface area contributed by atoms with Crippen LogP contribution in [0.3, 0.4) is 0 Å². The molecule has 23 heavy (non-hydrogen) atoms. The van der Waals surface area contributed by atoms with Crippen LogP contribution in [0.5, 0.6) is 0 Å². The van der Waals surface area contributed by atoms with Gasteiger partial charge in [0.1, 0.15) is 0 Å². The molecule has 0 saturated heterocycles. The number of rotatable bonds is 3. The summed E-state index contributed by atoms with van der Waals surface area (Å²) in [5.74, 6) is 0. The summed E-state index contributed by atoms with van der Waals surface area (Å²) in [6.07, 6.45) is 16.0. The van der Waals surface area contributed by atoms with E-state index in [9.17, 15) is 0 Å². The molecule has 1 aromatic rings. The van der Waals surface area contributed by atoms with Crippen molar-refractivity contribution in [2.45, 2.75) is 55.4 Å². The Hall–Kier alpha value is -1.60. The lowest BCUT2D eigenvalue weighted by Crippen LogP contribution is -2.19. The van der Waals surface area contributed by atoms with E-state index in [1.165, 1.54) is 20.2 Å². The van der Waals surface area contributed by atoms with Crippen molar-refractivity contribution < 1.29 is 0 Å². The lowest BCUT2D eigenvalue weighted by Gasteiger charge is -1.88. The Balaban J connectivity index is -0.000000338. The van der Waals surface area contributed by atoms with Gasteiger partial charge in [0.25, 0.3) is 0 Å². The maximum atomic E-state index is 3.82. The van der Waals surface area contributed by atoms with Crippen LogP contribution < -0.4 is 9.75 Å². The number of thiophene rings is 1. The van der Waals surface area contributed by atoms with Crippen LogP contribution in [-0.4, -0.2) is 0 Å². The van der Waals surface area contributed by atoms with E-state index in [1.54, 1.807) is 11.3 Å². The van der Waals surface area contributed by atoms with Gasteiger partial charge < -0.3 is 0 Å². The van der Waals surface area contributed by atoms with E-state index < -0.39 is 0 Å². The van der Waals surface area contributed by atoms with E-state index >= 15 is 0 Å². The summed E-state index contributed by atoms with van der Waals surface area (Å²) in [7, 11) is 0. The highest BCUT2D eigenvalue weighted by molar-refractivity contribution is 7.11. The van der Waals surface area contributed by atoms with E-state index in [2.05, 4.69) is 39.2 Å². The molecule has 0 saturated carbocycles. The van der Waals surface area contributed by atoms with Crippen molar-refractivity contribution in [1.82, 2.24) is 0 Å². The smallest absolute Gasteiger partial charge is 0.0349 e. The molecule has 0 spiro atoms. The van der Waals surface area contributed by atoms with Crippen LogP contribution in [0.15, 0.2) is 37.5 Å². The molecule has 0 aliphatic carbocycles. The molecule has 130 valence electrons. The predicted molar refractivity (Wildman–Crippen MR) is 116 cm³/mol. The second kappa shape index (κ2) is 20.4. The monoisotopic (exact) mass is 332 g/mol. The van der Waals surface area contributed by atoms with Gasteiger partial charge in [-0.15, -0.1) is 11.3 Å². The zero-order chi connectivity index (χ0) is 18.7. The van der Waals surface area contributed by atoms with Gasteiger partial charge in [-0.05, 0) is 38.5 Å². The lowest BCUT2D eigenvalue weighted by atomic mass is 10.2. The number of hydrogen-bond acceptors (Lipinski definition) is 1.